The molecule has 0 bridgehead atoms. The smallest absolute Gasteiger partial charge is 0.263 e. The van der Waals surface area contributed by atoms with Gasteiger partial charge in [0.1, 0.15) is 0 Å². The molecular weight excluding hydrogens is 336 g/mol. The van der Waals surface area contributed by atoms with Crippen LogP contribution in [0.15, 0.2) is 35.2 Å². The van der Waals surface area contributed by atoms with E-state index in [-0.39, 0.29) is 16.0 Å². The quantitative estimate of drug-likeness (QED) is 0.766. The molecule has 1 aromatic heterocycles. The van der Waals surface area contributed by atoms with Crippen molar-refractivity contribution in [2.45, 2.75) is 44.6 Å². The van der Waals surface area contributed by atoms with E-state index in [1.54, 1.807) is 32.0 Å². The number of hydrogen-bond acceptors (Lipinski definition) is 5. The van der Waals surface area contributed by atoms with Gasteiger partial charge in [0.25, 0.3) is 10.1 Å². The van der Waals surface area contributed by atoms with E-state index in [2.05, 4.69) is 10.2 Å². The van der Waals surface area contributed by atoms with E-state index in [4.69, 9.17) is 15.8 Å². The summed E-state index contributed by atoms with van der Waals surface area (Å²) in [6.07, 6.45) is -0.595. The molecule has 1 aromatic carbocycles. The monoisotopic (exact) mass is 354 g/mol. The Morgan fingerprint density at radius 1 is 1.09 bits per heavy atom. The molecule has 2 aromatic rings. The van der Waals surface area contributed by atoms with Crippen molar-refractivity contribution in [2.24, 2.45) is 0 Å². The van der Waals surface area contributed by atoms with Gasteiger partial charge in [-0.25, -0.2) is 0 Å². The SMILES string of the molecule is Cc1ccc(S(=O)(=O)OC(C)C(C)c2cc(C)nnc2Cl)cc1. The Balaban J connectivity index is 2.21. The van der Waals surface area contributed by atoms with Gasteiger partial charge in [-0.15, -0.1) is 5.10 Å². The summed E-state index contributed by atoms with van der Waals surface area (Å²) in [5.74, 6) is -0.253. The van der Waals surface area contributed by atoms with Crippen LogP contribution in [-0.2, 0) is 14.3 Å². The minimum Gasteiger partial charge on any atom is -0.263 e. The zero-order valence-electron chi connectivity index (χ0n) is 13.4. The molecule has 7 heteroatoms. The number of benzene rings is 1. The summed E-state index contributed by atoms with van der Waals surface area (Å²) in [7, 11) is -3.83. The maximum atomic E-state index is 12.4. The molecular formula is C16H19ClN2O3S. The van der Waals surface area contributed by atoms with Crippen LogP contribution < -0.4 is 0 Å². The first-order valence-corrected chi connectivity index (χ1v) is 8.99. The van der Waals surface area contributed by atoms with Crippen LogP contribution in [0.3, 0.4) is 0 Å². The average molecular weight is 355 g/mol. The molecule has 0 amide bonds. The molecule has 0 saturated heterocycles. The molecule has 0 aliphatic heterocycles. The molecule has 2 atom stereocenters. The number of aryl methyl sites for hydroxylation is 2. The summed E-state index contributed by atoms with van der Waals surface area (Å²) in [5.41, 5.74) is 2.41. The van der Waals surface area contributed by atoms with Crippen LogP contribution in [0.2, 0.25) is 5.15 Å². The van der Waals surface area contributed by atoms with Crippen molar-refractivity contribution in [2.75, 3.05) is 0 Å². The largest absolute Gasteiger partial charge is 0.297 e. The van der Waals surface area contributed by atoms with Gasteiger partial charge in [0.15, 0.2) is 5.15 Å². The van der Waals surface area contributed by atoms with E-state index in [0.717, 1.165) is 5.56 Å². The molecule has 0 radical (unpaired) electrons. The lowest BCUT2D eigenvalue weighted by Gasteiger charge is -2.21. The minimum absolute atomic E-state index is 0.136. The highest BCUT2D eigenvalue weighted by atomic mass is 35.5. The summed E-state index contributed by atoms with van der Waals surface area (Å²) in [6.45, 7) is 7.23. The number of halogens is 1. The summed E-state index contributed by atoms with van der Waals surface area (Å²) in [5, 5.41) is 7.98. The van der Waals surface area contributed by atoms with Crippen LogP contribution in [0.4, 0.5) is 0 Å². The van der Waals surface area contributed by atoms with Gasteiger partial charge in [-0.05, 0) is 44.5 Å². The third-order valence-electron chi connectivity index (χ3n) is 3.68. The summed E-state index contributed by atoms with van der Waals surface area (Å²) in [6, 6.07) is 8.33. The first kappa shape index (κ1) is 17.8. The fourth-order valence-corrected chi connectivity index (χ4v) is 3.52. The molecule has 2 rings (SSSR count). The van der Waals surface area contributed by atoms with Crippen LogP contribution in [0.1, 0.15) is 36.6 Å². The van der Waals surface area contributed by atoms with Crippen molar-refractivity contribution in [1.82, 2.24) is 10.2 Å². The topological polar surface area (TPSA) is 69.2 Å². The number of hydrogen-bond donors (Lipinski definition) is 0. The normalized spacial score (nSPS) is 14.5. The summed E-state index contributed by atoms with van der Waals surface area (Å²) < 4.78 is 30.1. The van der Waals surface area contributed by atoms with Crippen LogP contribution in [0.5, 0.6) is 0 Å². The molecule has 5 nitrogen and oxygen atoms in total. The van der Waals surface area contributed by atoms with E-state index in [0.29, 0.717) is 11.3 Å². The van der Waals surface area contributed by atoms with Gasteiger partial charge in [-0.1, -0.05) is 36.2 Å². The van der Waals surface area contributed by atoms with Crippen molar-refractivity contribution in [1.29, 1.82) is 0 Å². The summed E-state index contributed by atoms with van der Waals surface area (Å²) >= 11 is 6.06. The second-order valence-electron chi connectivity index (χ2n) is 5.59. The van der Waals surface area contributed by atoms with Gasteiger partial charge < -0.3 is 0 Å². The Morgan fingerprint density at radius 3 is 2.30 bits per heavy atom. The second kappa shape index (κ2) is 6.95. The van der Waals surface area contributed by atoms with E-state index in [1.807, 2.05) is 13.8 Å². The van der Waals surface area contributed by atoms with Gasteiger partial charge in [-0.2, -0.15) is 13.5 Å². The zero-order valence-corrected chi connectivity index (χ0v) is 15.0. The molecule has 23 heavy (non-hydrogen) atoms. The Labute approximate surface area is 141 Å². The highest BCUT2D eigenvalue weighted by Gasteiger charge is 2.25. The second-order valence-corrected chi connectivity index (χ2v) is 7.52. The lowest BCUT2D eigenvalue weighted by molar-refractivity contribution is 0.202. The Morgan fingerprint density at radius 2 is 1.70 bits per heavy atom. The molecule has 0 N–H and O–H groups in total. The van der Waals surface area contributed by atoms with E-state index in [9.17, 15) is 8.42 Å². The number of nitrogens with zero attached hydrogens (tertiary/aromatic N) is 2. The molecule has 0 aliphatic carbocycles. The van der Waals surface area contributed by atoms with Crippen molar-refractivity contribution < 1.29 is 12.6 Å². The Bertz CT molecular complexity index is 791. The van der Waals surface area contributed by atoms with Crippen LogP contribution in [0, 0.1) is 13.8 Å². The average Bonchev–Trinajstić information content (AvgIpc) is 2.49. The lowest BCUT2D eigenvalue weighted by atomic mass is 9.98. The number of rotatable bonds is 5. The number of aromatic nitrogens is 2. The predicted octanol–water partition coefficient (Wildman–Crippen LogP) is 3.64. The standard InChI is InChI=1S/C16H19ClN2O3S/c1-10-5-7-14(8-6-10)23(20,21)22-13(4)12(3)15-9-11(2)18-19-16(15)17/h5-9,12-13H,1-4H3. The van der Waals surface area contributed by atoms with Crippen LogP contribution in [-0.4, -0.2) is 24.7 Å². The van der Waals surface area contributed by atoms with Gasteiger partial charge >= 0.3 is 0 Å². The highest BCUT2D eigenvalue weighted by Crippen LogP contribution is 2.29. The van der Waals surface area contributed by atoms with E-state index in [1.165, 1.54) is 12.1 Å². The molecule has 2 unspecified atom stereocenters. The van der Waals surface area contributed by atoms with Gasteiger partial charge in [0.2, 0.25) is 0 Å². The molecule has 0 fully saturated rings. The lowest BCUT2D eigenvalue weighted by Crippen LogP contribution is -2.22. The molecule has 0 spiro atoms. The van der Waals surface area contributed by atoms with Crippen molar-refractivity contribution in [3.8, 4) is 0 Å². The maximum Gasteiger partial charge on any atom is 0.297 e. The fraction of sp³-hybridized carbons (Fsp3) is 0.375. The van der Waals surface area contributed by atoms with Gasteiger partial charge in [0.05, 0.1) is 16.7 Å². The van der Waals surface area contributed by atoms with Crippen molar-refractivity contribution in [3.63, 3.8) is 0 Å². The Hall–Kier alpha value is -1.50. The van der Waals surface area contributed by atoms with Gasteiger partial charge in [0, 0.05) is 5.92 Å². The van der Waals surface area contributed by atoms with Crippen molar-refractivity contribution >= 4 is 21.7 Å². The van der Waals surface area contributed by atoms with Gasteiger partial charge in [-0.3, -0.25) is 4.18 Å². The van der Waals surface area contributed by atoms with Crippen LogP contribution >= 0.6 is 11.6 Å². The molecule has 0 aliphatic rings. The minimum atomic E-state index is -3.83. The Kier molecular flexibility index (Phi) is 5.39. The predicted molar refractivity (Wildman–Crippen MR) is 89.1 cm³/mol. The van der Waals surface area contributed by atoms with E-state index < -0.39 is 16.2 Å². The van der Waals surface area contributed by atoms with E-state index >= 15 is 0 Å². The third-order valence-corrected chi connectivity index (χ3v) is 5.38. The molecule has 124 valence electrons. The first-order chi connectivity index (χ1) is 10.7. The van der Waals surface area contributed by atoms with Crippen molar-refractivity contribution in [3.05, 3.63) is 52.3 Å². The maximum absolute atomic E-state index is 12.4. The summed E-state index contributed by atoms with van der Waals surface area (Å²) in [4.78, 5) is 0.136. The third kappa shape index (κ3) is 4.28. The highest BCUT2D eigenvalue weighted by molar-refractivity contribution is 7.86. The zero-order chi connectivity index (χ0) is 17.2. The fourth-order valence-electron chi connectivity index (χ4n) is 2.11. The molecule has 1 heterocycles. The van der Waals surface area contributed by atoms with Crippen LogP contribution in [0.25, 0.3) is 0 Å². The molecule has 0 saturated carbocycles. The first-order valence-electron chi connectivity index (χ1n) is 7.20.